The largest absolute Gasteiger partial charge is 0.382 e. The van der Waals surface area contributed by atoms with Crippen molar-refractivity contribution in [3.63, 3.8) is 0 Å². The molecule has 0 aliphatic rings. The van der Waals surface area contributed by atoms with E-state index < -0.39 is 6.10 Å². The molecule has 2 heteroatoms. The minimum Gasteiger partial charge on any atom is -0.382 e. The van der Waals surface area contributed by atoms with Crippen LogP contribution in [-0.2, 0) is 0 Å². The van der Waals surface area contributed by atoms with Gasteiger partial charge in [-0.05, 0) is 5.56 Å². The lowest BCUT2D eigenvalue weighted by Crippen LogP contribution is -2.52. The van der Waals surface area contributed by atoms with Gasteiger partial charge in [0.2, 0.25) is 0 Å². The summed E-state index contributed by atoms with van der Waals surface area (Å²) in [6, 6.07) is 9.55. The topological polar surface area (TPSA) is 47.9 Å². The predicted molar refractivity (Wildman–Crippen MR) is 39.2 cm³/mol. The SMILES string of the molecule is [NH3+]C[C@@H](O)c1ccccc1. The molecule has 1 atom stereocenters. The fourth-order valence-electron chi connectivity index (χ4n) is 0.842. The van der Waals surface area contributed by atoms with E-state index in [1.807, 2.05) is 30.3 Å². The van der Waals surface area contributed by atoms with Crippen LogP contribution < -0.4 is 5.73 Å². The van der Waals surface area contributed by atoms with E-state index >= 15 is 0 Å². The fraction of sp³-hybridized carbons (Fsp3) is 0.250. The quantitative estimate of drug-likeness (QED) is 0.592. The molecule has 1 rings (SSSR count). The second-order valence-corrected chi connectivity index (χ2v) is 2.22. The molecule has 1 aromatic carbocycles. The Kier molecular flexibility index (Phi) is 2.42. The van der Waals surface area contributed by atoms with Crippen molar-refractivity contribution in [1.29, 1.82) is 0 Å². The van der Waals surface area contributed by atoms with Crippen LogP contribution in [0.25, 0.3) is 0 Å². The van der Waals surface area contributed by atoms with Gasteiger partial charge in [0.05, 0.1) is 0 Å². The van der Waals surface area contributed by atoms with E-state index in [1.54, 1.807) is 0 Å². The number of benzene rings is 1. The van der Waals surface area contributed by atoms with Gasteiger partial charge in [0.15, 0.2) is 0 Å². The molecule has 0 bridgehead atoms. The zero-order valence-electron chi connectivity index (χ0n) is 5.83. The van der Waals surface area contributed by atoms with E-state index in [1.165, 1.54) is 0 Å². The summed E-state index contributed by atoms with van der Waals surface area (Å²) in [6.07, 6.45) is -0.402. The molecule has 0 radical (unpaired) electrons. The van der Waals surface area contributed by atoms with E-state index in [9.17, 15) is 5.11 Å². The summed E-state index contributed by atoms with van der Waals surface area (Å²) in [4.78, 5) is 0. The molecule has 0 aliphatic heterocycles. The molecule has 0 saturated heterocycles. The lowest BCUT2D eigenvalue weighted by molar-refractivity contribution is -0.385. The van der Waals surface area contributed by atoms with Crippen molar-refractivity contribution >= 4 is 0 Å². The van der Waals surface area contributed by atoms with Crippen molar-refractivity contribution in [1.82, 2.24) is 0 Å². The number of aliphatic hydroxyl groups excluding tert-OH is 1. The molecule has 0 heterocycles. The van der Waals surface area contributed by atoms with Gasteiger partial charge < -0.3 is 10.8 Å². The van der Waals surface area contributed by atoms with Crippen LogP contribution in [0, 0.1) is 0 Å². The van der Waals surface area contributed by atoms with Crippen LogP contribution in [0.2, 0.25) is 0 Å². The van der Waals surface area contributed by atoms with E-state index in [0.29, 0.717) is 6.54 Å². The van der Waals surface area contributed by atoms with Crippen LogP contribution in [0.15, 0.2) is 30.3 Å². The highest BCUT2D eigenvalue weighted by Crippen LogP contribution is 2.08. The maximum Gasteiger partial charge on any atom is 0.128 e. The first-order valence-corrected chi connectivity index (χ1v) is 3.37. The van der Waals surface area contributed by atoms with Gasteiger partial charge in [-0.25, -0.2) is 0 Å². The first-order valence-electron chi connectivity index (χ1n) is 3.37. The van der Waals surface area contributed by atoms with Gasteiger partial charge in [-0.1, -0.05) is 30.3 Å². The molecular formula is C8H12NO+. The molecule has 0 spiro atoms. The summed E-state index contributed by atoms with van der Waals surface area (Å²) in [5.41, 5.74) is 4.55. The van der Waals surface area contributed by atoms with E-state index in [-0.39, 0.29) is 0 Å². The Balaban J connectivity index is 2.75. The van der Waals surface area contributed by atoms with Crippen LogP contribution in [0.3, 0.4) is 0 Å². The predicted octanol–water partition coefficient (Wildman–Crippen LogP) is -0.0381. The monoisotopic (exact) mass is 138 g/mol. The third-order valence-electron chi connectivity index (χ3n) is 1.46. The van der Waals surface area contributed by atoms with E-state index in [0.717, 1.165) is 5.56 Å². The third kappa shape index (κ3) is 1.56. The molecule has 0 aliphatic carbocycles. The Labute approximate surface area is 60.3 Å². The molecular weight excluding hydrogens is 126 g/mol. The minimum absolute atomic E-state index is 0.402. The molecule has 1 aromatic rings. The highest BCUT2D eigenvalue weighted by molar-refractivity contribution is 5.16. The Bertz CT molecular complexity index is 186. The molecule has 0 aromatic heterocycles. The summed E-state index contributed by atoms with van der Waals surface area (Å²) < 4.78 is 0. The molecule has 0 saturated carbocycles. The second kappa shape index (κ2) is 3.34. The Morgan fingerprint density at radius 2 is 1.90 bits per heavy atom. The van der Waals surface area contributed by atoms with Crippen molar-refractivity contribution in [2.45, 2.75) is 6.10 Å². The maximum atomic E-state index is 9.27. The Hall–Kier alpha value is -0.860. The van der Waals surface area contributed by atoms with Crippen LogP contribution in [0.1, 0.15) is 11.7 Å². The zero-order chi connectivity index (χ0) is 7.40. The van der Waals surface area contributed by atoms with Gasteiger partial charge in [-0.3, -0.25) is 0 Å². The molecule has 54 valence electrons. The van der Waals surface area contributed by atoms with Gasteiger partial charge in [-0.15, -0.1) is 0 Å². The Morgan fingerprint density at radius 3 is 2.40 bits per heavy atom. The lowest BCUT2D eigenvalue weighted by atomic mass is 10.1. The van der Waals surface area contributed by atoms with Crippen molar-refractivity contribution in [2.75, 3.05) is 6.54 Å². The zero-order valence-corrected chi connectivity index (χ0v) is 5.83. The molecule has 0 fully saturated rings. The average Bonchev–Trinajstić information content (AvgIpc) is 2.05. The smallest absolute Gasteiger partial charge is 0.128 e. The van der Waals surface area contributed by atoms with E-state index in [4.69, 9.17) is 0 Å². The number of hydrogen-bond donors (Lipinski definition) is 2. The highest BCUT2D eigenvalue weighted by atomic mass is 16.3. The molecule has 0 unspecified atom stereocenters. The number of quaternary nitrogens is 1. The van der Waals surface area contributed by atoms with Gasteiger partial charge in [0.25, 0.3) is 0 Å². The number of hydrogen-bond acceptors (Lipinski definition) is 1. The summed E-state index contributed by atoms with van der Waals surface area (Å²) in [5, 5.41) is 9.27. The summed E-state index contributed by atoms with van der Waals surface area (Å²) in [7, 11) is 0. The van der Waals surface area contributed by atoms with Gasteiger partial charge >= 0.3 is 0 Å². The third-order valence-corrected chi connectivity index (χ3v) is 1.46. The van der Waals surface area contributed by atoms with Gasteiger partial charge in [0.1, 0.15) is 12.6 Å². The Morgan fingerprint density at radius 1 is 1.30 bits per heavy atom. The van der Waals surface area contributed by atoms with Crippen molar-refractivity contribution in [2.24, 2.45) is 0 Å². The summed E-state index contributed by atoms with van der Waals surface area (Å²) >= 11 is 0. The molecule has 4 N–H and O–H groups in total. The number of aliphatic hydroxyl groups is 1. The van der Waals surface area contributed by atoms with Crippen molar-refractivity contribution in [3.8, 4) is 0 Å². The van der Waals surface area contributed by atoms with Crippen LogP contribution in [-0.4, -0.2) is 11.7 Å². The standard InChI is InChI=1S/C8H11NO/c9-6-8(10)7-4-2-1-3-5-7/h1-5,8,10H,6,9H2/p+1/t8-/m1/s1. The molecule has 2 nitrogen and oxygen atoms in total. The average molecular weight is 138 g/mol. The summed E-state index contributed by atoms with van der Waals surface area (Å²) in [6.45, 7) is 0.532. The van der Waals surface area contributed by atoms with Crippen LogP contribution >= 0.6 is 0 Å². The van der Waals surface area contributed by atoms with Crippen LogP contribution in [0.5, 0.6) is 0 Å². The van der Waals surface area contributed by atoms with Gasteiger partial charge in [-0.2, -0.15) is 0 Å². The lowest BCUT2D eigenvalue weighted by Gasteiger charge is -2.03. The first kappa shape index (κ1) is 7.25. The van der Waals surface area contributed by atoms with Crippen molar-refractivity contribution in [3.05, 3.63) is 35.9 Å². The van der Waals surface area contributed by atoms with Crippen molar-refractivity contribution < 1.29 is 10.8 Å². The van der Waals surface area contributed by atoms with Gasteiger partial charge in [0, 0.05) is 0 Å². The molecule has 0 amide bonds. The maximum absolute atomic E-state index is 9.27. The summed E-state index contributed by atoms with van der Waals surface area (Å²) in [5.74, 6) is 0. The highest BCUT2D eigenvalue weighted by Gasteiger charge is 2.03. The van der Waals surface area contributed by atoms with Crippen LogP contribution in [0.4, 0.5) is 0 Å². The van der Waals surface area contributed by atoms with E-state index in [2.05, 4.69) is 5.73 Å². The second-order valence-electron chi connectivity index (χ2n) is 2.22. The first-order chi connectivity index (χ1) is 4.84. The fourth-order valence-corrected chi connectivity index (χ4v) is 0.842. The molecule has 10 heavy (non-hydrogen) atoms. The normalized spacial score (nSPS) is 13.0. The number of rotatable bonds is 2. The minimum atomic E-state index is -0.402.